The van der Waals surface area contributed by atoms with E-state index < -0.39 is 5.75 Å². The summed E-state index contributed by atoms with van der Waals surface area (Å²) in [5, 5.41) is 14.1. The Morgan fingerprint density at radius 3 is 2.03 bits per heavy atom. The lowest BCUT2D eigenvalue weighted by atomic mass is 9.72. The number of hydrogen-bond donors (Lipinski definition) is 1. The van der Waals surface area contributed by atoms with Crippen LogP contribution in [0.4, 0.5) is 0 Å². The monoisotopic (exact) mass is 458 g/mol. The van der Waals surface area contributed by atoms with Crippen molar-refractivity contribution in [3.05, 3.63) is 51.9 Å². The standard InChI is InChI=1S/C27H39ClN2O2/c1-19-9-7-15-26(3,4)23(19)13-11-21-17-22(30(29-21)18-32-25(28)31)12-14-24-20(2)10-8-16-27(24,5)6/h11-14,17,25,31H,7-10,15-16,18H2,1-6H3/b13-11+,14-12+. The van der Waals surface area contributed by atoms with Gasteiger partial charge < -0.3 is 9.84 Å². The summed E-state index contributed by atoms with van der Waals surface area (Å²) in [6, 6.07) is 2.06. The van der Waals surface area contributed by atoms with Crippen LogP contribution in [0.3, 0.4) is 0 Å². The number of ether oxygens (including phenoxy) is 1. The maximum Gasteiger partial charge on any atom is 0.236 e. The van der Waals surface area contributed by atoms with Gasteiger partial charge >= 0.3 is 0 Å². The fourth-order valence-corrected chi connectivity index (χ4v) is 5.32. The van der Waals surface area contributed by atoms with E-state index in [0.29, 0.717) is 0 Å². The lowest BCUT2D eigenvalue weighted by molar-refractivity contribution is -0.0731. The van der Waals surface area contributed by atoms with Gasteiger partial charge in [0.05, 0.1) is 11.4 Å². The molecule has 5 heteroatoms. The number of halogens is 1. The molecule has 0 fully saturated rings. The molecular weight excluding hydrogens is 420 g/mol. The van der Waals surface area contributed by atoms with Gasteiger partial charge in [0.2, 0.25) is 5.75 Å². The molecule has 1 aromatic rings. The molecule has 0 saturated heterocycles. The van der Waals surface area contributed by atoms with Crippen molar-refractivity contribution in [3.63, 3.8) is 0 Å². The zero-order chi connectivity index (χ0) is 23.5. The van der Waals surface area contributed by atoms with Gasteiger partial charge in [-0.25, -0.2) is 4.68 Å². The van der Waals surface area contributed by atoms with Gasteiger partial charge in [-0.2, -0.15) is 5.10 Å². The normalized spacial score (nSPS) is 22.4. The minimum Gasteiger partial charge on any atom is -0.356 e. The number of hydrogen-bond acceptors (Lipinski definition) is 3. The van der Waals surface area contributed by atoms with E-state index in [9.17, 15) is 5.11 Å². The van der Waals surface area contributed by atoms with Crippen molar-refractivity contribution in [2.24, 2.45) is 10.8 Å². The third kappa shape index (κ3) is 6.03. The zero-order valence-electron chi connectivity index (χ0n) is 20.5. The van der Waals surface area contributed by atoms with E-state index in [1.165, 1.54) is 48.0 Å². The summed E-state index contributed by atoms with van der Waals surface area (Å²) in [6.07, 6.45) is 15.9. The number of nitrogens with zero attached hydrogens (tertiary/aromatic N) is 2. The molecule has 2 aliphatic rings. The molecule has 1 aromatic heterocycles. The highest BCUT2D eigenvalue weighted by atomic mass is 35.5. The van der Waals surface area contributed by atoms with Crippen molar-refractivity contribution >= 4 is 23.8 Å². The summed E-state index contributed by atoms with van der Waals surface area (Å²) >= 11 is 5.60. The first-order valence-corrected chi connectivity index (χ1v) is 12.2. The van der Waals surface area contributed by atoms with E-state index in [0.717, 1.165) is 24.2 Å². The van der Waals surface area contributed by atoms with Crippen LogP contribution in [0.25, 0.3) is 12.2 Å². The molecule has 2 aliphatic carbocycles. The van der Waals surface area contributed by atoms with Crippen LogP contribution >= 0.6 is 11.6 Å². The van der Waals surface area contributed by atoms with Gasteiger partial charge in [-0.05, 0) is 92.6 Å². The molecule has 0 amide bonds. The summed E-state index contributed by atoms with van der Waals surface area (Å²) in [6.45, 7) is 13.8. The van der Waals surface area contributed by atoms with Crippen molar-refractivity contribution in [1.29, 1.82) is 0 Å². The largest absolute Gasteiger partial charge is 0.356 e. The maximum absolute atomic E-state index is 9.37. The van der Waals surface area contributed by atoms with Crippen molar-refractivity contribution in [2.75, 3.05) is 0 Å². The first kappa shape index (κ1) is 25.0. The topological polar surface area (TPSA) is 47.3 Å². The Labute approximate surface area is 198 Å². The third-order valence-electron chi connectivity index (χ3n) is 7.09. The predicted molar refractivity (Wildman–Crippen MR) is 134 cm³/mol. The molecule has 4 nitrogen and oxygen atoms in total. The van der Waals surface area contributed by atoms with Gasteiger partial charge in [0.15, 0.2) is 0 Å². The predicted octanol–water partition coefficient (Wildman–Crippen LogP) is 7.45. The molecule has 3 rings (SSSR count). The molecule has 0 spiro atoms. The number of aromatic nitrogens is 2. The average Bonchev–Trinajstić information content (AvgIpc) is 3.06. The van der Waals surface area contributed by atoms with Crippen LogP contribution < -0.4 is 0 Å². The summed E-state index contributed by atoms with van der Waals surface area (Å²) in [4.78, 5) is 0. The highest BCUT2D eigenvalue weighted by Crippen LogP contribution is 2.42. The lowest BCUT2D eigenvalue weighted by Crippen LogP contribution is -2.19. The van der Waals surface area contributed by atoms with Gasteiger partial charge in [0.1, 0.15) is 6.73 Å². The smallest absolute Gasteiger partial charge is 0.236 e. The number of aliphatic hydroxyl groups excluding tert-OH is 1. The van der Waals surface area contributed by atoms with Gasteiger partial charge in [-0.1, -0.05) is 62.6 Å². The Morgan fingerprint density at radius 2 is 1.53 bits per heavy atom. The number of alkyl halides is 1. The molecule has 1 N–H and O–H groups in total. The van der Waals surface area contributed by atoms with Crippen LogP contribution in [0.15, 0.2) is 40.5 Å². The van der Waals surface area contributed by atoms with Crippen molar-refractivity contribution < 1.29 is 9.84 Å². The number of allylic oxidation sites excluding steroid dienone is 6. The Hall–Kier alpha value is -1.62. The van der Waals surface area contributed by atoms with Crippen molar-refractivity contribution in [1.82, 2.24) is 9.78 Å². The second kappa shape index (κ2) is 10.1. The van der Waals surface area contributed by atoms with Crippen LogP contribution in [0, 0.1) is 10.8 Å². The Balaban J connectivity index is 1.91. The molecule has 0 saturated carbocycles. The van der Waals surface area contributed by atoms with E-state index in [4.69, 9.17) is 21.4 Å². The van der Waals surface area contributed by atoms with Crippen molar-refractivity contribution in [3.8, 4) is 0 Å². The maximum atomic E-state index is 9.37. The van der Waals surface area contributed by atoms with Gasteiger partial charge in [-0.15, -0.1) is 0 Å². The van der Waals surface area contributed by atoms with E-state index in [1.807, 2.05) is 0 Å². The number of aliphatic hydroxyl groups is 1. The highest BCUT2D eigenvalue weighted by Gasteiger charge is 2.27. The SMILES string of the molecule is CC1=C(/C=C/c2cc(/C=C/C3=C(C)CCCC3(C)C)n(COC(O)Cl)n2)C(C)(C)CCC1. The first-order chi connectivity index (χ1) is 15.0. The van der Waals surface area contributed by atoms with Gasteiger partial charge in [0.25, 0.3) is 0 Å². The minimum atomic E-state index is -1.35. The third-order valence-corrected chi connectivity index (χ3v) is 7.22. The van der Waals surface area contributed by atoms with Gasteiger partial charge in [-0.3, -0.25) is 0 Å². The highest BCUT2D eigenvalue weighted by molar-refractivity contribution is 6.18. The van der Waals surface area contributed by atoms with Crippen LogP contribution in [0.5, 0.6) is 0 Å². The Bertz CT molecular complexity index is 945. The molecule has 1 atom stereocenters. The summed E-state index contributed by atoms with van der Waals surface area (Å²) in [5.74, 6) is -1.35. The fraction of sp³-hybridized carbons (Fsp3) is 0.593. The van der Waals surface area contributed by atoms with Crippen LogP contribution in [-0.2, 0) is 11.5 Å². The fourth-order valence-electron chi connectivity index (χ4n) is 5.26. The van der Waals surface area contributed by atoms with Crippen LogP contribution in [0.1, 0.15) is 91.5 Å². The average molecular weight is 459 g/mol. The van der Waals surface area contributed by atoms with Gasteiger partial charge in [0, 0.05) is 0 Å². The zero-order valence-corrected chi connectivity index (χ0v) is 21.3. The lowest BCUT2D eigenvalue weighted by Gasteiger charge is -2.32. The molecule has 176 valence electrons. The number of rotatable bonds is 7. The Morgan fingerprint density at radius 1 is 1.00 bits per heavy atom. The molecular formula is C27H39ClN2O2. The van der Waals surface area contributed by atoms with Crippen molar-refractivity contribution in [2.45, 2.75) is 92.5 Å². The molecule has 0 bridgehead atoms. The molecule has 1 heterocycles. The quantitative estimate of drug-likeness (QED) is 0.341. The van der Waals surface area contributed by atoms with E-state index >= 15 is 0 Å². The Kier molecular flexibility index (Phi) is 7.90. The molecule has 0 aliphatic heterocycles. The van der Waals surface area contributed by atoms with Crippen LogP contribution in [0.2, 0.25) is 0 Å². The van der Waals surface area contributed by atoms with E-state index in [1.54, 1.807) is 4.68 Å². The molecule has 32 heavy (non-hydrogen) atoms. The first-order valence-electron chi connectivity index (χ1n) is 11.8. The van der Waals surface area contributed by atoms with Crippen LogP contribution in [-0.4, -0.2) is 20.6 Å². The van der Waals surface area contributed by atoms with E-state index in [2.05, 4.69) is 71.9 Å². The second-order valence-electron chi connectivity index (χ2n) is 10.6. The second-order valence-corrected chi connectivity index (χ2v) is 11.0. The van der Waals surface area contributed by atoms with E-state index in [-0.39, 0.29) is 17.6 Å². The molecule has 0 aromatic carbocycles. The molecule has 0 radical (unpaired) electrons. The molecule has 1 unspecified atom stereocenters. The summed E-state index contributed by atoms with van der Waals surface area (Å²) in [5.41, 5.74) is 7.89. The summed E-state index contributed by atoms with van der Waals surface area (Å²) in [7, 11) is 0. The minimum absolute atomic E-state index is 0.0901. The summed E-state index contributed by atoms with van der Waals surface area (Å²) < 4.78 is 6.97.